The summed E-state index contributed by atoms with van der Waals surface area (Å²) >= 11 is 1.77. The first-order chi connectivity index (χ1) is 13.7. The van der Waals surface area contributed by atoms with E-state index in [1.165, 1.54) is 10.1 Å². The molecule has 0 aliphatic carbocycles. The average Bonchev–Trinajstić information content (AvgIpc) is 3.23. The van der Waals surface area contributed by atoms with Gasteiger partial charge in [-0.15, -0.1) is 11.3 Å². The van der Waals surface area contributed by atoms with Crippen molar-refractivity contribution in [3.8, 4) is 17.2 Å². The first kappa shape index (κ1) is 18.8. The molecule has 0 radical (unpaired) electrons. The van der Waals surface area contributed by atoms with Gasteiger partial charge >= 0.3 is 0 Å². The van der Waals surface area contributed by atoms with Crippen molar-refractivity contribution in [3.05, 3.63) is 41.4 Å². The highest BCUT2D eigenvalue weighted by Crippen LogP contribution is 2.40. The van der Waals surface area contributed by atoms with Crippen molar-refractivity contribution >= 4 is 27.2 Å². The van der Waals surface area contributed by atoms with Gasteiger partial charge < -0.3 is 19.1 Å². The molecule has 0 spiro atoms. The van der Waals surface area contributed by atoms with Gasteiger partial charge in [0, 0.05) is 54.6 Å². The van der Waals surface area contributed by atoms with Crippen LogP contribution in [0.5, 0.6) is 17.2 Å². The molecule has 1 aliphatic heterocycles. The van der Waals surface area contributed by atoms with Crippen LogP contribution in [0.2, 0.25) is 0 Å². The number of rotatable bonds is 6. The lowest BCUT2D eigenvalue weighted by Crippen LogP contribution is -2.46. The normalized spacial score (nSPS) is 15.0. The summed E-state index contributed by atoms with van der Waals surface area (Å²) in [5, 5.41) is 3.39. The summed E-state index contributed by atoms with van der Waals surface area (Å²) in [7, 11) is 4.95. The van der Waals surface area contributed by atoms with E-state index in [0.29, 0.717) is 11.5 Å². The maximum atomic E-state index is 5.63. The molecule has 0 N–H and O–H groups in total. The molecule has 0 saturated carbocycles. The van der Waals surface area contributed by atoms with Crippen LogP contribution in [0.1, 0.15) is 5.56 Å². The second-order valence-corrected chi connectivity index (χ2v) is 7.67. The third-order valence-corrected chi connectivity index (χ3v) is 6.09. The zero-order valence-corrected chi connectivity index (χ0v) is 17.3. The molecule has 0 amide bonds. The summed E-state index contributed by atoms with van der Waals surface area (Å²) in [5.74, 6) is 3.17. The van der Waals surface area contributed by atoms with Crippen LogP contribution >= 0.6 is 11.3 Å². The van der Waals surface area contributed by atoms with Crippen LogP contribution in [0.25, 0.3) is 10.1 Å². The van der Waals surface area contributed by atoms with Crippen LogP contribution < -0.4 is 19.1 Å². The lowest BCUT2D eigenvalue weighted by molar-refractivity contribution is 0.243. The Balaban J connectivity index is 1.47. The molecule has 148 valence electrons. The van der Waals surface area contributed by atoms with Crippen LogP contribution in [0.3, 0.4) is 0 Å². The molecule has 0 unspecified atom stereocenters. The fraction of sp³-hybridized carbons (Fsp3) is 0.381. The number of aromatic nitrogens is 1. The topological polar surface area (TPSA) is 47.1 Å². The molecule has 1 aliphatic rings. The molecule has 7 heteroatoms. The Bertz CT molecular complexity index is 951. The third-order valence-electron chi connectivity index (χ3n) is 5.21. The van der Waals surface area contributed by atoms with Gasteiger partial charge in [-0.2, -0.15) is 0 Å². The number of nitrogens with zero attached hydrogens (tertiary/aromatic N) is 3. The summed E-state index contributed by atoms with van der Waals surface area (Å²) in [5.41, 5.74) is 1.10. The Morgan fingerprint density at radius 3 is 2.43 bits per heavy atom. The minimum Gasteiger partial charge on any atom is -0.493 e. The smallest absolute Gasteiger partial charge is 0.203 e. The van der Waals surface area contributed by atoms with E-state index in [-0.39, 0.29) is 0 Å². The number of benzene rings is 1. The molecule has 0 atom stereocenters. The van der Waals surface area contributed by atoms with Gasteiger partial charge in [0.15, 0.2) is 11.5 Å². The fourth-order valence-electron chi connectivity index (χ4n) is 3.78. The summed E-state index contributed by atoms with van der Waals surface area (Å²) in [6.07, 6.45) is 1.91. The SMILES string of the molecule is COc1ccc(CN2CCN(c3nccc4sccc34)CC2)c(OC)c1OC. The van der Waals surface area contributed by atoms with Crippen molar-refractivity contribution in [2.75, 3.05) is 52.4 Å². The van der Waals surface area contributed by atoms with Crippen LogP contribution in [0.15, 0.2) is 35.8 Å². The minimum atomic E-state index is 0.648. The van der Waals surface area contributed by atoms with E-state index in [1.807, 2.05) is 12.3 Å². The Kier molecular flexibility index (Phi) is 5.54. The van der Waals surface area contributed by atoms with Crippen LogP contribution in [0, 0.1) is 0 Å². The number of piperazine rings is 1. The minimum absolute atomic E-state index is 0.648. The number of anilines is 1. The standard InChI is InChI=1S/C21H25N3O3S/c1-25-17-5-4-15(19(26-2)20(17)27-3)14-23-9-11-24(12-10-23)21-16-7-13-28-18(16)6-8-22-21/h4-8,13H,9-12,14H2,1-3H3. The number of fused-ring (bicyclic) bond motifs is 1. The molecule has 1 fully saturated rings. The molecule has 3 heterocycles. The van der Waals surface area contributed by atoms with E-state index in [4.69, 9.17) is 14.2 Å². The third kappa shape index (κ3) is 3.47. The fourth-order valence-corrected chi connectivity index (χ4v) is 4.55. The van der Waals surface area contributed by atoms with Crippen molar-refractivity contribution in [3.63, 3.8) is 0 Å². The number of pyridine rings is 1. The molecule has 0 bridgehead atoms. The Morgan fingerprint density at radius 2 is 1.71 bits per heavy atom. The molecular weight excluding hydrogens is 374 g/mol. The van der Waals surface area contributed by atoms with Gasteiger partial charge in [-0.1, -0.05) is 6.07 Å². The first-order valence-corrected chi connectivity index (χ1v) is 10.2. The van der Waals surface area contributed by atoms with Gasteiger partial charge in [-0.05, 0) is 23.6 Å². The Hall–Kier alpha value is -2.51. The van der Waals surface area contributed by atoms with E-state index in [2.05, 4.69) is 38.4 Å². The number of thiophene rings is 1. The highest BCUT2D eigenvalue weighted by Gasteiger charge is 2.22. The van der Waals surface area contributed by atoms with E-state index < -0.39 is 0 Å². The van der Waals surface area contributed by atoms with E-state index >= 15 is 0 Å². The van der Waals surface area contributed by atoms with Crippen LogP contribution in [0.4, 0.5) is 5.82 Å². The quantitative estimate of drug-likeness (QED) is 0.631. The average molecular weight is 400 g/mol. The lowest BCUT2D eigenvalue weighted by Gasteiger charge is -2.36. The van der Waals surface area contributed by atoms with Crippen molar-refractivity contribution in [1.82, 2.24) is 9.88 Å². The predicted octanol–water partition coefficient (Wildman–Crippen LogP) is 3.64. The maximum Gasteiger partial charge on any atom is 0.203 e. The predicted molar refractivity (Wildman–Crippen MR) is 113 cm³/mol. The van der Waals surface area contributed by atoms with Crippen molar-refractivity contribution < 1.29 is 14.2 Å². The highest BCUT2D eigenvalue weighted by atomic mass is 32.1. The van der Waals surface area contributed by atoms with E-state index in [1.54, 1.807) is 32.7 Å². The summed E-state index contributed by atoms with van der Waals surface area (Å²) < 4.78 is 17.8. The van der Waals surface area contributed by atoms with Gasteiger partial charge in [-0.25, -0.2) is 4.98 Å². The summed E-state index contributed by atoms with van der Waals surface area (Å²) in [6.45, 7) is 4.67. The van der Waals surface area contributed by atoms with Gasteiger partial charge in [0.2, 0.25) is 5.75 Å². The Morgan fingerprint density at radius 1 is 0.929 bits per heavy atom. The molecular formula is C21H25N3O3S. The maximum absolute atomic E-state index is 5.63. The van der Waals surface area contributed by atoms with E-state index in [9.17, 15) is 0 Å². The zero-order chi connectivity index (χ0) is 19.5. The van der Waals surface area contributed by atoms with Crippen molar-refractivity contribution in [2.45, 2.75) is 6.54 Å². The zero-order valence-electron chi connectivity index (χ0n) is 16.5. The van der Waals surface area contributed by atoms with Crippen LogP contribution in [-0.4, -0.2) is 57.4 Å². The second-order valence-electron chi connectivity index (χ2n) is 6.72. The molecule has 2 aromatic heterocycles. The Labute approximate surface area is 169 Å². The van der Waals surface area contributed by atoms with E-state index in [0.717, 1.165) is 49.9 Å². The summed E-state index contributed by atoms with van der Waals surface area (Å²) in [4.78, 5) is 9.47. The number of methoxy groups -OCH3 is 3. The molecule has 3 aromatic rings. The number of hydrogen-bond donors (Lipinski definition) is 0. The van der Waals surface area contributed by atoms with Gasteiger partial charge in [-0.3, -0.25) is 4.90 Å². The van der Waals surface area contributed by atoms with Gasteiger partial charge in [0.1, 0.15) is 5.82 Å². The van der Waals surface area contributed by atoms with Crippen molar-refractivity contribution in [1.29, 1.82) is 0 Å². The first-order valence-electron chi connectivity index (χ1n) is 9.32. The van der Waals surface area contributed by atoms with Gasteiger partial charge in [0.25, 0.3) is 0 Å². The monoisotopic (exact) mass is 399 g/mol. The number of ether oxygens (including phenoxy) is 3. The molecule has 28 heavy (non-hydrogen) atoms. The second kappa shape index (κ2) is 8.24. The summed E-state index contributed by atoms with van der Waals surface area (Å²) in [6, 6.07) is 8.25. The molecule has 4 rings (SSSR count). The van der Waals surface area contributed by atoms with Gasteiger partial charge in [0.05, 0.1) is 21.3 Å². The molecule has 1 aromatic carbocycles. The number of hydrogen-bond acceptors (Lipinski definition) is 7. The lowest BCUT2D eigenvalue weighted by atomic mass is 10.1. The van der Waals surface area contributed by atoms with Crippen molar-refractivity contribution in [2.24, 2.45) is 0 Å². The highest BCUT2D eigenvalue weighted by molar-refractivity contribution is 7.17. The van der Waals surface area contributed by atoms with Crippen LogP contribution in [-0.2, 0) is 6.54 Å². The molecule has 1 saturated heterocycles. The molecule has 6 nitrogen and oxygen atoms in total. The largest absolute Gasteiger partial charge is 0.493 e.